The van der Waals surface area contributed by atoms with Crippen LogP contribution in [0.1, 0.15) is 76.5 Å². The van der Waals surface area contributed by atoms with Gasteiger partial charge in [-0.15, -0.1) is 0 Å². The Labute approximate surface area is 428 Å². The lowest BCUT2D eigenvalue weighted by Gasteiger charge is -2.37. The Hall–Kier alpha value is -3.98. The van der Waals surface area contributed by atoms with Gasteiger partial charge in [0.15, 0.2) is 0 Å². The molecule has 4 aromatic carbocycles. The third-order valence-corrected chi connectivity index (χ3v) is 14.5. The van der Waals surface area contributed by atoms with Crippen LogP contribution >= 0.6 is 34.8 Å². The second-order valence-corrected chi connectivity index (χ2v) is 19.9. The minimum Gasteiger partial charge on any atom is -0.490 e. The van der Waals surface area contributed by atoms with Gasteiger partial charge >= 0.3 is 0 Å². The minimum atomic E-state index is -0.250. The van der Waals surface area contributed by atoms with E-state index in [1.54, 1.807) is 12.1 Å². The largest absolute Gasteiger partial charge is 0.490 e. The van der Waals surface area contributed by atoms with Crippen molar-refractivity contribution < 1.29 is 36.5 Å². The number of carbonyl (C=O) groups is 2. The molecular formula is C54H79Cl3FN5O6. The van der Waals surface area contributed by atoms with E-state index in [0.29, 0.717) is 16.1 Å². The highest BCUT2D eigenvalue weighted by molar-refractivity contribution is 6.42. The third kappa shape index (κ3) is 21.1. The standard InChI is InChI=1S/C26H34Cl2N2O.C26H34ClFN2O.2CH2O2.H3N.2H2/c1-20-3-2-4-21(17-20)7-12-29-13-8-22(9-14-29)19-30-15-10-23(11-16-30)31-24-5-6-25(27)26(28)18-24;1-20-18-23(27)4-7-26(20)31-25-11-16-30(17-12-25)19-22-9-14-29(15-10-22)13-8-21-2-5-24(28)6-3-21;2*2-1-3;;;/h2-6,17-18,22-23H,7-16,19H2,1H3;2-7,18,22,25H,8-17,19H2,1H3;2*1H,(H,2,3);1H3;2*1H. The molecule has 4 aliphatic heterocycles. The fraction of sp³-hybridized carbons (Fsp3) is 0.519. The van der Waals surface area contributed by atoms with Crippen molar-refractivity contribution in [3.63, 3.8) is 0 Å². The Bertz CT molecular complexity index is 2080. The van der Waals surface area contributed by atoms with Crippen LogP contribution in [0.15, 0.2) is 84.9 Å². The lowest BCUT2D eigenvalue weighted by atomic mass is 9.94. The number of hydrogen-bond donors (Lipinski definition) is 3. The summed E-state index contributed by atoms with van der Waals surface area (Å²) < 4.78 is 25.4. The lowest BCUT2D eigenvalue weighted by molar-refractivity contribution is -0.123. The highest BCUT2D eigenvalue weighted by Crippen LogP contribution is 2.30. The fourth-order valence-corrected chi connectivity index (χ4v) is 10.2. The molecular weight excluding hydrogens is 940 g/mol. The van der Waals surface area contributed by atoms with E-state index in [4.69, 9.17) is 64.1 Å². The van der Waals surface area contributed by atoms with Gasteiger partial charge in [0, 0.05) is 66.3 Å². The van der Waals surface area contributed by atoms with Gasteiger partial charge in [-0.2, -0.15) is 0 Å². The molecule has 0 atom stereocenters. The molecule has 0 radical (unpaired) electrons. The first-order valence-corrected chi connectivity index (χ1v) is 25.5. The highest BCUT2D eigenvalue weighted by atomic mass is 35.5. The number of rotatable bonds is 14. The molecule has 0 unspecified atom stereocenters. The number of piperidine rings is 4. The van der Waals surface area contributed by atoms with Crippen molar-refractivity contribution in [3.8, 4) is 11.5 Å². The number of ether oxygens (including phenoxy) is 2. The Balaban J connectivity index is 0.000000422. The summed E-state index contributed by atoms with van der Waals surface area (Å²) in [6.07, 6.45) is 12.3. The molecule has 11 nitrogen and oxygen atoms in total. The van der Waals surface area contributed by atoms with Gasteiger partial charge < -0.3 is 45.4 Å². The average molecular weight is 1020 g/mol. The zero-order valence-corrected chi connectivity index (χ0v) is 42.9. The monoisotopic (exact) mass is 1020 g/mol. The highest BCUT2D eigenvalue weighted by Gasteiger charge is 2.27. The van der Waals surface area contributed by atoms with Gasteiger partial charge in [0.25, 0.3) is 12.9 Å². The number of benzene rings is 4. The first kappa shape index (κ1) is 57.6. The summed E-state index contributed by atoms with van der Waals surface area (Å²) in [5.41, 5.74) is 5.17. The maximum absolute atomic E-state index is 13.0. The van der Waals surface area contributed by atoms with Crippen molar-refractivity contribution in [2.75, 3.05) is 78.5 Å². The van der Waals surface area contributed by atoms with Crippen LogP contribution in [0.25, 0.3) is 0 Å². The third-order valence-electron chi connectivity index (χ3n) is 13.6. The van der Waals surface area contributed by atoms with Crippen molar-refractivity contribution in [2.24, 2.45) is 11.8 Å². The molecule has 5 N–H and O–H groups in total. The molecule has 4 saturated heterocycles. The Morgan fingerprint density at radius 1 is 0.594 bits per heavy atom. The molecule has 0 bridgehead atoms. The average Bonchev–Trinajstić information content (AvgIpc) is 3.33. The van der Waals surface area contributed by atoms with Crippen LogP contribution in [0.3, 0.4) is 0 Å². The van der Waals surface area contributed by atoms with Crippen LogP contribution in [0, 0.1) is 31.5 Å². The summed E-state index contributed by atoms with van der Waals surface area (Å²) in [5, 5.41) is 15.7. The zero-order chi connectivity index (χ0) is 48.7. The van der Waals surface area contributed by atoms with Crippen LogP contribution in [0.2, 0.25) is 15.1 Å². The molecule has 0 amide bonds. The maximum atomic E-state index is 13.0. The number of carboxylic acid groups (broad SMARTS) is 2. The molecule has 8 rings (SSSR count). The maximum Gasteiger partial charge on any atom is 0.290 e. The molecule has 0 aliphatic carbocycles. The smallest absolute Gasteiger partial charge is 0.290 e. The van der Waals surface area contributed by atoms with E-state index in [2.05, 4.69) is 57.7 Å². The predicted octanol–water partition coefficient (Wildman–Crippen LogP) is 11.7. The number of likely N-dealkylation sites (tertiary alicyclic amines) is 4. The molecule has 4 heterocycles. The second-order valence-electron chi connectivity index (χ2n) is 18.6. The van der Waals surface area contributed by atoms with Gasteiger partial charge in [-0.1, -0.05) is 76.8 Å². The van der Waals surface area contributed by atoms with E-state index in [-0.39, 0.29) is 33.9 Å². The molecule has 0 spiro atoms. The SMILES string of the molecule is Cc1cc(Cl)ccc1OC1CCN(CC2CCN(CCc3ccc(F)cc3)CC2)CC1.Cc1cccc(CCN2CCC(CN3CCC(Oc4ccc(Cl)c(Cl)c4)CC3)CC2)c1.N.O=CO.O=CO.[HH].[HH]. The van der Waals surface area contributed by atoms with E-state index in [0.717, 1.165) is 98.7 Å². The molecule has 69 heavy (non-hydrogen) atoms. The number of hydrogen-bond acceptors (Lipinski definition) is 9. The summed E-state index contributed by atoms with van der Waals surface area (Å²) in [7, 11) is 0. The van der Waals surface area contributed by atoms with Crippen LogP contribution in [-0.2, 0) is 22.4 Å². The quantitative estimate of drug-likeness (QED) is 0.104. The Morgan fingerprint density at radius 3 is 1.58 bits per heavy atom. The van der Waals surface area contributed by atoms with Crippen molar-refractivity contribution in [3.05, 3.63) is 128 Å². The molecule has 0 saturated carbocycles. The fourth-order valence-electron chi connectivity index (χ4n) is 9.70. The topological polar surface area (TPSA) is 141 Å². The van der Waals surface area contributed by atoms with Crippen molar-refractivity contribution in [2.45, 2.75) is 90.3 Å². The molecule has 15 heteroatoms. The molecule has 4 aliphatic rings. The van der Waals surface area contributed by atoms with Gasteiger partial charge in [0.05, 0.1) is 10.0 Å². The Morgan fingerprint density at radius 2 is 1.09 bits per heavy atom. The molecule has 0 aromatic heterocycles. The summed E-state index contributed by atoms with van der Waals surface area (Å²) in [4.78, 5) is 27.2. The van der Waals surface area contributed by atoms with Gasteiger partial charge in [0.2, 0.25) is 0 Å². The molecule has 4 fully saturated rings. The summed E-state index contributed by atoms with van der Waals surface area (Å²) in [6.45, 7) is 17.8. The number of aryl methyl sites for hydroxylation is 2. The minimum absolute atomic E-state index is 0. The summed E-state index contributed by atoms with van der Waals surface area (Å²) in [6, 6.07) is 27.3. The van der Waals surface area contributed by atoms with Gasteiger partial charge in [-0.05, 0) is 175 Å². The van der Waals surface area contributed by atoms with Crippen LogP contribution in [-0.4, -0.2) is 134 Å². The van der Waals surface area contributed by atoms with Gasteiger partial charge in [-0.25, -0.2) is 4.39 Å². The number of nitrogens with zero attached hydrogens (tertiary/aromatic N) is 4. The van der Waals surface area contributed by atoms with Crippen LogP contribution in [0.5, 0.6) is 11.5 Å². The normalized spacial score (nSPS) is 17.9. The summed E-state index contributed by atoms with van der Waals surface area (Å²) >= 11 is 18.2. The molecule has 4 aromatic rings. The van der Waals surface area contributed by atoms with E-state index in [9.17, 15) is 4.39 Å². The lowest BCUT2D eigenvalue weighted by Crippen LogP contribution is -2.43. The van der Waals surface area contributed by atoms with Crippen molar-refractivity contribution in [1.29, 1.82) is 0 Å². The first-order chi connectivity index (χ1) is 32.9. The number of halogens is 4. The summed E-state index contributed by atoms with van der Waals surface area (Å²) in [5.74, 6) is 3.28. The van der Waals surface area contributed by atoms with Crippen molar-refractivity contribution >= 4 is 47.7 Å². The van der Waals surface area contributed by atoms with E-state index >= 15 is 0 Å². The van der Waals surface area contributed by atoms with Gasteiger partial charge in [-0.3, -0.25) is 9.59 Å². The second kappa shape index (κ2) is 31.4. The first-order valence-electron chi connectivity index (χ1n) is 24.3. The van der Waals surface area contributed by atoms with E-state index < -0.39 is 0 Å². The van der Waals surface area contributed by atoms with E-state index in [1.807, 2.05) is 48.5 Å². The predicted molar refractivity (Wildman–Crippen MR) is 283 cm³/mol. The Kier molecular flexibility index (Phi) is 26.2. The van der Waals surface area contributed by atoms with Crippen LogP contribution < -0.4 is 15.6 Å². The zero-order valence-electron chi connectivity index (χ0n) is 40.6. The van der Waals surface area contributed by atoms with Gasteiger partial charge in [0.1, 0.15) is 29.5 Å². The van der Waals surface area contributed by atoms with Crippen molar-refractivity contribution in [1.82, 2.24) is 25.8 Å². The van der Waals surface area contributed by atoms with Crippen LogP contribution in [0.4, 0.5) is 4.39 Å². The van der Waals surface area contributed by atoms with E-state index in [1.165, 1.54) is 94.6 Å². The molecule has 384 valence electrons.